The number of H-pyrrole nitrogens is 1. The number of hydrogen-bond donors (Lipinski definition) is 1. The second-order valence-electron chi connectivity index (χ2n) is 8.15. The van der Waals surface area contributed by atoms with Crippen LogP contribution in [0.3, 0.4) is 0 Å². The highest BCUT2D eigenvalue weighted by Gasteiger charge is 2.13. The standard InChI is InChI=1S/C28H24N4OS/c1-3-6-22(16-28-29-31-32-30-28)21-10-12-23(13-11-21)33-17-20-9-14-27-25(15-20)26(18-34-27)24-8-5-4-7-19(24)2/h4-5,7-15,18,22H,16-17H2,1-2H3,(H,29,30,31,32)/t22-/m1/s1. The number of fused-ring (bicyclic) bond motifs is 1. The fraction of sp³-hybridized carbons (Fsp3) is 0.179. The summed E-state index contributed by atoms with van der Waals surface area (Å²) in [7, 11) is 0. The minimum absolute atomic E-state index is 0.0228. The average molecular weight is 465 g/mol. The molecule has 0 amide bonds. The minimum Gasteiger partial charge on any atom is -0.489 e. The summed E-state index contributed by atoms with van der Waals surface area (Å²) in [6, 6.07) is 23.2. The van der Waals surface area contributed by atoms with Crippen LogP contribution in [0.2, 0.25) is 0 Å². The van der Waals surface area contributed by atoms with Crippen LogP contribution >= 0.6 is 11.3 Å². The number of rotatable bonds is 7. The molecule has 0 spiro atoms. The van der Waals surface area contributed by atoms with Crippen molar-refractivity contribution in [3.05, 3.63) is 94.6 Å². The predicted octanol–water partition coefficient (Wildman–Crippen LogP) is 6.32. The maximum Gasteiger partial charge on any atom is 0.150 e. The Morgan fingerprint density at radius 1 is 1.03 bits per heavy atom. The maximum atomic E-state index is 6.12. The highest BCUT2D eigenvalue weighted by Crippen LogP contribution is 2.36. The van der Waals surface area contributed by atoms with E-state index in [2.05, 4.69) is 99.4 Å². The van der Waals surface area contributed by atoms with Gasteiger partial charge in [0, 0.05) is 22.1 Å². The highest BCUT2D eigenvalue weighted by molar-refractivity contribution is 7.17. The number of hydrogen-bond acceptors (Lipinski definition) is 5. The Hall–Kier alpha value is -3.95. The zero-order valence-corrected chi connectivity index (χ0v) is 19.9. The van der Waals surface area contributed by atoms with Gasteiger partial charge in [-0.25, -0.2) is 5.10 Å². The SMILES string of the molecule is CC#C[C@H](Cc1nnn[nH]1)c1ccc(OCc2ccc3scc(-c4ccccc4C)c3c2)cc1. The molecule has 1 N–H and O–H groups in total. The lowest BCUT2D eigenvalue weighted by Gasteiger charge is -2.11. The van der Waals surface area contributed by atoms with Crippen LogP contribution in [-0.4, -0.2) is 20.6 Å². The lowest BCUT2D eigenvalue weighted by atomic mass is 9.96. The molecule has 0 radical (unpaired) electrons. The van der Waals surface area contributed by atoms with E-state index in [1.54, 1.807) is 11.3 Å². The number of nitrogens with zero attached hydrogens (tertiary/aromatic N) is 3. The topological polar surface area (TPSA) is 63.7 Å². The van der Waals surface area contributed by atoms with Crippen LogP contribution in [0.1, 0.15) is 35.4 Å². The third kappa shape index (κ3) is 4.70. The van der Waals surface area contributed by atoms with Gasteiger partial charge in [0.15, 0.2) is 0 Å². The summed E-state index contributed by atoms with van der Waals surface area (Å²) in [5.74, 6) is 7.83. The van der Waals surface area contributed by atoms with Crippen LogP contribution in [0.5, 0.6) is 5.75 Å². The van der Waals surface area contributed by atoms with Crippen molar-refractivity contribution < 1.29 is 4.74 Å². The van der Waals surface area contributed by atoms with Gasteiger partial charge in [-0.15, -0.1) is 22.4 Å². The third-order valence-electron chi connectivity index (χ3n) is 5.87. The van der Waals surface area contributed by atoms with Gasteiger partial charge in [-0.1, -0.05) is 48.4 Å². The molecule has 5 rings (SSSR count). The second-order valence-corrected chi connectivity index (χ2v) is 9.06. The molecule has 0 aliphatic carbocycles. The normalized spacial score (nSPS) is 11.7. The summed E-state index contributed by atoms with van der Waals surface area (Å²) in [5, 5.41) is 17.6. The number of aryl methyl sites for hydroxylation is 1. The molecule has 2 heterocycles. The zero-order valence-electron chi connectivity index (χ0n) is 19.1. The van der Waals surface area contributed by atoms with E-state index in [4.69, 9.17) is 4.74 Å². The molecule has 0 saturated carbocycles. The molecule has 5 aromatic rings. The second kappa shape index (κ2) is 9.90. The number of ether oxygens (including phenoxy) is 1. The Morgan fingerprint density at radius 2 is 1.88 bits per heavy atom. The monoisotopic (exact) mass is 464 g/mol. The minimum atomic E-state index is 0.0228. The van der Waals surface area contributed by atoms with Crippen LogP contribution in [0.25, 0.3) is 21.2 Å². The molecule has 0 bridgehead atoms. The number of aromatic nitrogens is 4. The van der Waals surface area contributed by atoms with Gasteiger partial charge in [-0.05, 0) is 76.2 Å². The number of tetrazole rings is 1. The van der Waals surface area contributed by atoms with Crippen molar-refractivity contribution in [3.63, 3.8) is 0 Å². The first-order chi connectivity index (χ1) is 16.7. The summed E-state index contributed by atoms with van der Waals surface area (Å²) in [6.45, 7) is 4.52. The maximum absolute atomic E-state index is 6.12. The predicted molar refractivity (Wildman–Crippen MR) is 137 cm³/mol. The van der Waals surface area contributed by atoms with Crippen LogP contribution < -0.4 is 4.74 Å². The van der Waals surface area contributed by atoms with Gasteiger partial charge in [-0.2, -0.15) is 0 Å². The van der Waals surface area contributed by atoms with E-state index in [-0.39, 0.29) is 5.92 Å². The first-order valence-electron chi connectivity index (χ1n) is 11.1. The van der Waals surface area contributed by atoms with E-state index in [0.29, 0.717) is 13.0 Å². The molecule has 1 atom stereocenters. The quantitative estimate of drug-likeness (QED) is 0.286. The van der Waals surface area contributed by atoms with Gasteiger partial charge < -0.3 is 4.74 Å². The van der Waals surface area contributed by atoms with Gasteiger partial charge in [0.05, 0.1) is 5.92 Å². The van der Waals surface area contributed by atoms with E-state index in [9.17, 15) is 0 Å². The molecular weight excluding hydrogens is 440 g/mol. The molecule has 2 aromatic heterocycles. The first kappa shape index (κ1) is 21.9. The molecule has 0 fully saturated rings. The van der Waals surface area contributed by atoms with Crippen LogP contribution in [0.4, 0.5) is 0 Å². The van der Waals surface area contributed by atoms with Gasteiger partial charge >= 0.3 is 0 Å². The van der Waals surface area contributed by atoms with Crippen molar-refractivity contribution in [2.24, 2.45) is 0 Å². The Morgan fingerprint density at radius 3 is 2.65 bits per heavy atom. The van der Waals surface area contributed by atoms with Crippen LogP contribution in [0.15, 0.2) is 72.1 Å². The zero-order chi connectivity index (χ0) is 23.3. The Bertz CT molecular complexity index is 1460. The summed E-state index contributed by atoms with van der Waals surface area (Å²) < 4.78 is 7.40. The van der Waals surface area contributed by atoms with E-state index in [0.717, 1.165) is 22.7 Å². The van der Waals surface area contributed by atoms with Gasteiger partial charge in [0.25, 0.3) is 0 Å². The van der Waals surface area contributed by atoms with Crippen LogP contribution in [-0.2, 0) is 13.0 Å². The van der Waals surface area contributed by atoms with E-state index < -0.39 is 0 Å². The van der Waals surface area contributed by atoms with Gasteiger partial charge in [0.2, 0.25) is 0 Å². The fourth-order valence-electron chi connectivity index (χ4n) is 4.10. The average Bonchev–Trinajstić information content (AvgIpc) is 3.53. The molecule has 0 aliphatic heterocycles. The smallest absolute Gasteiger partial charge is 0.150 e. The van der Waals surface area contributed by atoms with Crippen LogP contribution in [0, 0.1) is 18.8 Å². The number of aromatic amines is 1. The van der Waals surface area contributed by atoms with Crippen molar-refractivity contribution in [2.45, 2.75) is 32.8 Å². The number of thiophene rings is 1. The third-order valence-corrected chi connectivity index (χ3v) is 6.83. The molecule has 0 saturated heterocycles. The van der Waals surface area contributed by atoms with Crippen molar-refractivity contribution in [2.75, 3.05) is 0 Å². The van der Waals surface area contributed by atoms with E-state index in [1.165, 1.54) is 26.8 Å². The van der Waals surface area contributed by atoms with E-state index in [1.807, 2.05) is 19.1 Å². The lowest BCUT2D eigenvalue weighted by Crippen LogP contribution is -2.03. The molecule has 34 heavy (non-hydrogen) atoms. The number of benzene rings is 3. The highest BCUT2D eigenvalue weighted by atomic mass is 32.1. The van der Waals surface area contributed by atoms with Crippen molar-refractivity contribution in [3.8, 4) is 28.7 Å². The molecule has 6 heteroatoms. The summed E-state index contributed by atoms with van der Waals surface area (Å²) in [4.78, 5) is 0. The van der Waals surface area contributed by atoms with Gasteiger partial charge in [-0.3, -0.25) is 0 Å². The largest absolute Gasteiger partial charge is 0.489 e. The van der Waals surface area contributed by atoms with Gasteiger partial charge in [0.1, 0.15) is 18.2 Å². The number of nitrogens with one attached hydrogen (secondary N) is 1. The summed E-state index contributed by atoms with van der Waals surface area (Å²) >= 11 is 1.78. The molecule has 0 unspecified atom stereocenters. The van der Waals surface area contributed by atoms with Crippen molar-refractivity contribution >= 4 is 21.4 Å². The lowest BCUT2D eigenvalue weighted by molar-refractivity contribution is 0.306. The molecular formula is C28H24N4OS. The Kier molecular flexibility index (Phi) is 6.37. The Labute approximate surface area is 202 Å². The molecule has 3 aromatic carbocycles. The van der Waals surface area contributed by atoms with E-state index >= 15 is 0 Å². The Balaban J connectivity index is 1.31. The first-order valence-corrected chi connectivity index (χ1v) is 12.0. The summed E-state index contributed by atoms with van der Waals surface area (Å²) in [5.41, 5.74) is 6.12. The van der Waals surface area contributed by atoms with Crippen molar-refractivity contribution in [1.82, 2.24) is 20.6 Å². The van der Waals surface area contributed by atoms with Crippen molar-refractivity contribution in [1.29, 1.82) is 0 Å². The molecule has 0 aliphatic rings. The fourth-order valence-corrected chi connectivity index (χ4v) is 5.04. The summed E-state index contributed by atoms with van der Waals surface area (Å²) in [6.07, 6.45) is 0.637. The molecule has 5 nitrogen and oxygen atoms in total. The molecule has 168 valence electrons.